The van der Waals surface area contributed by atoms with Gasteiger partial charge >= 0.3 is 7.60 Å². The molecule has 3 nitrogen and oxygen atoms in total. The Hall–Kier alpha value is 0.150. The molecular weight excluding hydrogens is 199 g/mol. The van der Waals surface area contributed by atoms with Crippen LogP contribution in [-0.4, -0.2) is 18.9 Å². The molecule has 0 radical (unpaired) electrons. The van der Waals surface area contributed by atoms with Crippen molar-refractivity contribution in [1.29, 1.82) is 0 Å². The summed E-state index contributed by atoms with van der Waals surface area (Å²) >= 11 is 0. The van der Waals surface area contributed by atoms with E-state index in [0.717, 1.165) is 19.3 Å². The van der Waals surface area contributed by atoms with Gasteiger partial charge in [0.25, 0.3) is 0 Å². The molecule has 2 rings (SSSR count). The van der Waals surface area contributed by atoms with Crippen molar-refractivity contribution >= 4 is 7.60 Å². The Morgan fingerprint density at radius 2 is 1.50 bits per heavy atom. The van der Waals surface area contributed by atoms with Crippen LogP contribution in [0.25, 0.3) is 0 Å². The second kappa shape index (κ2) is 4.78. The second-order valence-corrected chi connectivity index (χ2v) is 6.00. The molecule has 2 fully saturated rings. The Morgan fingerprint density at radius 1 is 1.07 bits per heavy atom. The summed E-state index contributed by atoms with van der Waals surface area (Å²) in [5.41, 5.74) is 0. The molecule has 1 saturated heterocycles. The smallest absolute Gasteiger partial charge is 0.305 e. The fourth-order valence-electron chi connectivity index (χ4n) is 2.22. The summed E-state index contributed by atoms with van der Waals surface area (Å²) < 4.78 is 22.2. The summed E-state index contributed by atoms with van der Waals surface area (Å²) in [5.74, 6) is 0.647. The van der Waals surface area contributed by atoms with E-state index in [-0.39, 0.29) is 12.2 Å². The molecule has 2 atom stereocenters. The van der Waals surface area contributed by atoms with Gasteiger partial charge in [0, 0.05) is 13.1 Å². The van der Waals surface area contributed by atoms with Crippen LogP contribution < -0.4 is 0 Å². The van der Waals surface area contributed by atoms with E-state index in [1.54, 1.807) is 6.66 Å². The zero-order chi connectivity index (χ0) is 10.8. The quantitative estimate of drug-likeness (QED) is 0.586. The molecule has 14 heavy (non-hydrogen) atoms. The molecule has 1 heterocycles. The van der Waals surface area contributed by atoms with E-state index in [9.17, 15) is 4.57 Å². The van der Waals surface area contributed by atoms with Crippen LogP contribution in [0, 0.1) is 5.92 Å². The highest BCUT2D eigenvalue weighted by Crippen LogP contribution is 2.54. The standard InChI is InChI=1S/C8H15O3P.C2H6/c1-6-3-7-5-8(4-6)11-12(2,9)10-7;1-2/h6-8H,3-5H2,1-2H3;1-2H3. The number of hydrogen-bond donors (Lipinski definition) is 0. The first-order valence-corrected chi connectivity index (χ1v) is 7.48. The zero-order valence-corrected chi connectivity index (χ0v) is 10.4. The molecule has 0 aromatic carbocycles. The summed E-state index contributed by atoms with van der Waals surface area (Å²) in [6.45, 7) is 7.76. The molecule has 0 aromatic rings. The van der Waals surface area contributed by atoms with E-state index in [4.69, 9.17) is 9.05 Å². The summed E-state index contributed by atoms with van der Waals surface area (Å²) in [4.78, 5) is 0. The lowest BCUT2D eigenvalue weighted by molar-refractivity contribution is -0.0169. The van der Waals surface area contributed by atoms with E-state index in [0.29, 0.717) is 5.92 Å². The van der Waals surface area contributed by atoms with Crippen molar-refractivity contribution in [3.63, 3.8) is 0 Å². The minimum atomic E-state index is -2.69. The normalized spacial score (nSPS) is 46.4. The maximum Gasteiger partial charge on any atom is 0.328 e. The van der Waals surface area contributed by atoms with Crippen molar-refractivity contribution in [2.75, 3.05) is 6.66 Å². The highest BCUT2D eigenvalue weighted by atomic mass is 31.2. The van der Waals surface area contributed by atoms with E-state index in [1.807, 2.05) is 13.8 Å². The predicted octanol–water partition coefficient (Wildman–Crippen LogP) is 3.44. The van der Waals surface area contributed by atoms with Crippen molar-refractivity contribution in [3.05, 3.63) is 0 Å². The van der Waals surface area contributed by atoms with E-state index < -0.39 is 7.60 Å². The molecular formula is C10H21O3P. The molecule has 2 aliphatic rings. The molecule has 2 unspecified atom stereocenters. The van der Waals surface area contributed by atoms with Gasteiger partial charge < -0.3 is 9.05 Å². The fourth-order valence-corrected chi connectivity index (χ4v) is 3.70. The zero-order valence-electron chi connectivity index (χ0n) is 9.53. The SMILES string of the molecule is CC.CC1CC2CC(C1)OP(C)(=O)O2. The molecule has 0 amide bonds. The van der Waals surface area contributed by atoms with Gasteiger partial charge in [-0.3, -0.25) is 4.57 Å². The molecule has 1 aliphatic heterocycles. The van der Waals surface area contributed by atoms with Crippen molar-refractivity contribution in [3.8, 4) is 0 Å². The summed E-state index contributed by atoms with van der Waals surface area (Å²) in [7, 11) is -2.69. The van der Waals surface area contributed by atoms with Crippen LogP contribution in [0.5, 0.6) is 0 Å². The molecule has 0 spiro atoms. The van der Waals surface area contributed by atoms with E-state index in [2.05, 4.69) is 6.92 Å². The fraction of sp³-hybridized carbons (Fsp3) is 1.00. The Labute approximate surface area is 86.7 Å². The van der Waals surface area contributed by atoms with E-state index in [1.165, 1.54) is 0 Å². The van der Waals surface area contributed by atoms with Gasteiger partial charge in [-0.2, -0.15) is 0 Å². The molecule has 2 bridgehead atoms. The van der Waals surface area contributed by atoms with Crippen molar-refractivity contribution < 1.29 is 13.6 Å². The van der Waals surface area contributed by atoms with Crippen LogP contribution in [0.2, 0.25) is 0 Å². The Kier molecular flexibility index (Phi) is 4.17. The lowest BCUT2D eigenvalue weighted by Crippen LogP contribution is -2.35. The van der Waals surface area contributed by atoms with Gasteiger partial charge in [0.15, 0.2) is 0 Å². The van der Waals surface area contributed by atoms with Crippen LogP contribution >= 0.6 is 7.60 Å². The maximum atomic E-state index is 11.5. The number of fused-ring (bicyclic) bond motifs is 2. The van der Waals surface area contributed by atoms with Crippen LogP contribution in [0.4, 0.5) is 0 Å². The molecule has 1 aliphatic carbocycles. The first-order valence-electron chi connectivity index (χ1n) is 5.49. The minimum Gasteiger partial charge on any atom is -0.305 e. The monoisotopic (exact) mass is 220 g/mol. The van der Waals surface area contributed by atoms with Gasteiger partial charge in [-0.05, 0) is 18.8 Å². The van der Waals surface area contributed by atoms with Gasteiger partial charge in [0.2, 0.25) is 0 Å². The third kappa shape index (κ3) is 3.08. The van der Waals surface area contributed by atoms with Crippen molar-refractivity contribution in [1.82, 2.24) is 0 Å². The molecule has 0 aromatic heterocycles. The molecule has 0 N–H and O–H groups in total. The van der Waals surface area contributed by atoms with Crippen LogP contribution in [0.15, 0.2) is 0 Å². The lowest BCUT2D eigenvalue weighted by atomic mass is 9.87. The highest BCUT2D eigenvalue weighted by Gasteiger charge is 2.39. The average molecular weight is 220 g/mol. The maximum absolute atomic E-state index is 11.5. The largest absolute Gasteiger partial charge is 0.328 e. The second-order valence-electron chi connectivity index (χ2n) is 4.04. The van der Waals surface area contributed by atoms with E-state index >= 15 is 0 Å². The summed E-state index contributed by atoms with van der Waals surface area (Å²) in [6.07, 6.45) is 3.38. The summed E-state index contributed by atoms with van der Waals surface area (Å²) in [6, 6.07) is 0. The highest BCUT2D eigenvalue weighted by molar-refractivity contribution is 7.53. The third-order valence-electron chi connectivity index (χ3n) is 2.54. The van der Waals surface area contributed by atoms with Crippen LogP contribution in [0.3, 0.4) is 0 Å². The van der Waals surface area contributed by atoms with Crippen LogP contribution in [0.1, 0.15) is 40.0 Å². The van der Waals surface area contributed by atoms with Gasteiger partial charge in [-0.25, -0.2) is 0 Å². The van der Waals surface area contributed by atoms with Gasteiger partial charge in [-0.15, -0.1) is 0 Å². The van der Waals surface area contributed by atoms with Gasteiger partial charge in [-0.1, -0.05) is 20.8 Å². The average Bonchev–Trinajstić information content (AvgIpc) is 2.02. The Morgan fingerprint density at radius 3 is 1.93 bits per heavy atom. The topological polar surface area (TPSA) is 35.5 Å². The van der Waals surface area contributed by atoms with Gasteiger partial charge in [0.05, 0.1) is 12.2 Å². The lowest BCUT2D eigenvalue weighted by Gasteiger charge is -2.40. The number of hydrogen-bond acceptors (Lipinski definition) is 3. The van der Waals surface area contributed by atoms with Crippen molar-refractivity contribution in [2.45, 2.75) is 52.2 Å². The first-order chi connectivity index (χ1) is 6.55. The van der Waals surface area contributed by atoms with Gasteiger partial charge in [0.1, 0.15) is 0 Å². The minimum absolute atomic E-state index is 0.184. The number of rotatable bonds is 0. The first kappa shape index (κ1) is 12.2. The molecule has 4 heteroatoms. The third-order valence-corrected chi connectivity index (χ3v) is 3.90. The Bertz CT molecular complexity index is 207. The molecule has 1 saturated carbocycles. The van der Waals surface area contributed by atoms with Crippen LogP contribution in [-0.2, 0) is 13.6 Å². The Balaban J connectivity index is 0.000000461. The van der Waals surface area contributed by atoms with Crippen molar-refractivity contribution in [2.24, 2.45) is 5.92 Å². The summed E-state index contributed by atoms with van der Waals surface area (Å²) in [5, 5.41) is 0. The molecule has 84 valence electrons. The predicted molar refractivity (Wildman–Crippen MR) is 57.6 cm³/mol.